The topological polar surface area (TPSA) is 60.2 Å². The largest absolute Gasteiger partial charge is 0.243 e. The van der Waals surface area contributed by atoms with Crippen molar-refractivity contribution in [1.29, 1.82) is 0 Å². The minimum atomic E-state index is -4.38. The summed E-state index contributed by atoms with van der Waals surface area (Å²) in [5.41, 5.74) is 0.440. The van der Waals surface area contributed by atoms with Crippen LogP contribution in [0.3, 0.4) is 0 Å². The Morgan fingerprint density at radius 3 is 2.00 bits per heavy atom. The molecule has 0 radical (unpaired) electrons. The number of aryl methyl sites for hydroxylation is 1. The molecular formula is C13H19F2NO2S. The Morgan fingerprint density at radius 2 is 1.63 bits per heavy atom. The lowest BCUT2D eigenvalue weighted by molar-refractivity contribution is 0.392. The number of hydrogen-bond donors (Lipinski definition) is 1. The molecule has 1 aromatic carbocycles. The summed E-state index contributed by atoms with van der Waals surface area (Å²) in [6, 6.07) is 2.08. The molecule has 0 saturated carbocycles. The summed E-state index contributed by atoms with van der Waals surface area (Å²) in [4.78, 5) is -1.06. The number of primary sulfonamides is 1. The minimum absolute atomic E-state index is 0.420. The van der Waals surface area contributed by atoms with E-state index in [1.807, 2.05) is 0 Å². The second kappa shape index (κ2) is 5.96. The summed E-state index contributed by atoms with van der Waals surface area (Å²) >= 11 is 0. The average Bonchev–Trinajstić information content (AvgIpc) is 2.22. The van der Waals surface area contributed by atoms with Gasteiger partial charge in [0.25, 0.3) is 0 Å². The zero-order chi connectivity index (χ0) is 14.8. The maximum atomic E-state index is 13.6. The molecule has 1 unspecified atom stereocenters. The predicted molar refractivity (Wildman–Crippen MR) is 70.1 cm³/mol. The Hall–Kier alpha value is -1.01. The molecule has 0 spiro atoms. The second-order valence-electron chi connectivity index (χ2n) is 5.19. The van der Waals surface area contributed by atoms with Gasteiger partial charge in [-0.25, -0.2) is 22.3 Å². The van der Waals surface area contributed by atoms with Crippen molar-refractivity contribution in [2.45, 2.75) is 38.5 Å². The van der Waals surface area contributed by atoms with E-state index in [1.165, 1.54) is 0 Å². The van der Waals surface area contributed by atoms with E-state index in [9.17, 15) is 17.2 Å². The highest BCUT2D eigenvalue weighted by atomic mass is 32.2. The van der Waals surface area contributed by atoms with Crippen LogP contribution in [-0.4, -0.2) is 8.42 Å². The Morgan fingerprint density at radius 1 is 1.16 bits per heavy atom. The molecule has 0 aliphatic carbocycles. The van der Waals surface area contributed by atoms with Crippen LogP contribution >= 0.6 is 0 Å². The third-order valence-electron chi connectivity index (χ3n) is 3.37. The van der Waals surface area contributed by atoms with Gasteiger partial charge in [-0.3, -0.25) is 0 Å². The SMILES string of the molecule is CC(C)C(C)CCc1cc(F)c(S(N)(=O)=O)c(F)c1. The molecule has 0 aliphatic rings. The predicted octanol–water partition coefficient (Wildman–Crippen LogP) is 2.84. The van der Waals surface area contributed by atoms with Crippen LogP contribution in [0.15, 0.2) is 17.0 Å². The van der Waals surface area contributed by atoms with Gasteiger partial charge in [0.1, 0.15) is 11.6 Å². The molecule has 2 N–H and O–H groups in total. The maximum absolute atomic E-state index is 13.6. The van der Waals surface area contributed by atoms with Crippen LogP contribution in [0.4, 0.5) is 8.78 Å². The van der Waals surface area contributed by atoms with Crippen LogP contribution in [0, 0.1) is 23.5 Å². The summed E-state index contributed by atoms with van der Waals surface area (Å²) in [7, 11) is -4.38. The van der Waals surface area contributed by atoms with Gasteiger partial charge in [0.2, 0.25) is 10.0 Å². The van der Waals surface area contributed by atoms with Crippen molar-refractivity contribution < 1.29 is 17.2 Å². The molecule has 1 rings (SSSR count). The Balaban J connectivity index is 2.97. The lowest BCUT2D eigenvalue weighted by atomic mass is 9.91. The van der Waals surface area contributed by atoms with Crippen LogP contribution in [0.2, 0.25) is 0 Å². The summed E-state index contributed by atoms with van der Waals surface area (Å²) in [5, 5.41) is 4.76. The van der Waals surface area contributed by atoms with Gasteiger partial charge in [-0.2, -0.15) is 0 Å². The van der Waals surface area contributed by atoms with Crippen LogP contribution in [0.5, 0.6) is 0 Å². The van der Waals surface area contributed by atoms with Crippen molar-refractivity contribution in [3.63, 3.8) is 0 Å². The van der Waals surface area contributed by atoms with Crippen molar-refractivity contribution in [1.82, 2.24) is 0 Å². The maximum Gasteiger partial charge on any atom is 0.243 e. The van der Waals surface area contributed by atoms with E-state index in [0.29, 0.717) is 23.8 Å². The minimum Gasteiger partial charge on any atom is -0.224 e. The van der Waals surface area contributed by atoms with Crippen LogP contribution in [0.1, 0.15) is 32.8 Å². The molecule has 0 aliphatic heterocycles. The zero-order valence-electron chi connectivity index (χ0n) is 11.3. The van der Waals surface area contributed by atoms with Crippen LogP contribution in [0.25, 0.3) is 0 Å². The highest BCUT2D eigenvalue weighted by Gasteiger charge is 2.21. The van der Waals surface area contributed by atoms with Gasteiger partial charge >= 0.3 is 0 Å². The smallest absolute Gasteiger partial charge is 0.224 e. The fourth-order valence-electron chi connectivity index (χ4n) is 1.76. The van der Waals surface area contributed by atoms with E-state index in [-0.39, 0.29) is 0 Å². The third kappa shape index (κ3) is 4.24. The molecule has 0 saturated heterocycles. The van der Waals surface area contributed by atoms with E-state index in [1.54, 1.807) is 0 Å². The first-order chi connectivity index (χ1) is 8.62. The molecule has 0 aromatic heterocycles. The Labute approximate surface area is 112 Å². The van der Waals surface area contributed by atoms with Gasteiger partial charge < -0.3 is 0 Å². The number of benzene rings is 1. The fraction of sp³-hybridized carbons (Fsp3) is 0.538. The van der Waals surface area contributed by atoms with E-state index < -0.39 is 26.6 Å². The first-order valence-corrected chi connectivity index (χ1v) is 7.68. The molecular weight excluding hydrogens is 272 g/mol. The quantitative estimate of drug-likeness (QED) is 0.906. The molecule has 0 amide bonds. The van der Waals surface area contributed by atoms with Gasteiger partial charge in [0.05, 0.1) is 0 Å². The van der Waals surface area contributed by atoms with Crippen molar-refractivity contribution in [2.75, 3.05) is 0 Å². The molecule has 108 valence electrons. The summed E-state index contributed by atoms with van der Waals surface area (Å²) in [6.45, 7) is 6.22. The molecule has 1 atom stereocenters. The van der Waals surface area contributed by atoms with Gasteiger partial charge in [-0.15, -0.1) is 0 Å². The number of halogens is 2. The summed E-state index contributed by atoms with van der Waals surface area (Å²) < 4.78 is 49.3. The van der Waals surface area contributed by atoms with E-state index in [4.69, 9.17) is 5.14 Å². The highest BCUT2D eigenvalue weighted by molar-refractivity contribution is 7.89. The monoisotopic (exact) mass is 291 g/mol. The van der Waals surface area contributed by atoms with Crippen molar-refractivity contribution in [3.05, 3.63) is 29.3 Å². The second-order valence-corrected chi connectivity index (χ2v) is 6.69. The third-order valence-corrected chi connectivity index (χ3v) is 4.33. The number of rotatable bonds is 5. The Kier molecular flexibility index (Phi) is 5.04. The lowest BCUT2D eigenvalue weighted by Gasteiger charge is -2.15. The number of sulfonamides is 1. The van der Waals surface area contributed by atoms with E-state index in [2.05, 4.69) is 20.8 Å². The Bertz CT molecular complexity index is 533. The lowest BCUT2D eigenvalue weighted by Crippen LogP contribution is -2.16. The summed E-state index contributed by atoms with van der Waals surface area (Å²) in [6.07, 6.45) is 1.28. The van der Waals surface area contributed by atoms with Crippen molar-refractivity contribution >= 4 is 10.0 Å². The van der Waals surface area contributed by atoms with Crippen LogP contribution in [-0.2, 0) is 16.4 Å². The molecule has 3 nitrogen and oxygen atoms in total. The first-order valence-electron chi connectivity index (χ1n) is 6.13. The molecule has 0 fully saturated rings. The van der Waals surface area contributed by atoms with Crippen molar-refractivity contribution in [3.8, 4) is 0 Å². The highest BCUT2D eigenvalue weighted by Crippen LogP contribution is 2.22. The average molecular weight is 291 g/mol. The van der Waals surface area contributed by atoms with Crippen LogP contribution < -0.4 is 5.14 Å². The fourth-order valence-corrected chi connectivity index (χ4v) is 2.42. The van der Waals surface area contributed by atoms with Gasteiger partial charge in [0, 0.05) is 0 Å². The molecule has 0 bridgehead atoms. The van der Waals surface area contributed by atoms with E-state index >= 15 is 0 Å². The van der Waals surface area contributed by atoms with Gasteiger partial charge in [-0.05, 0) is 42.4 Å². The molecule has 19 heavy (non-hydrogen) atoms. The van der Waals surface area contributed by atoms with Gasteiger partial charge in [0.15, 0.2) is 4.90 Å². The van der Waals surface area contributed by atoms with E-state index in [0.717, 1.165) is 18.6 Å². The molecule has 0 heterocycles. The van der Waals surface area contributed by atoms with Crippen molar-refractivity contribution in [2.24, 2.45) is 17.0 Å². The molecule has 1 aromatic rings. The summed E-state index contributed by atoms with van der Waals surface area (Å²) in [5.74, 6) is -1.35. The number of nitrogens with two attached hydrogens (primary N) is 1. The van der Waals surface area contributed by atoms with Gasteiger partial charge in [-0.1, -0.05) is 20.8 Å². The normalized spacial score (nSPS) is 13.8. The standard InChI is InChI=1S/C13H19F2NO2S/c1-8(2)9(3)4-5-10-6-11(14)13(12(15)7-10)19(16,17)18/h6-9H,4-5H2,1-3H3,(H2,16,17,18). The zero-order valence-corrected chi connectivity index (χ0v) is 12.1. The molecule has 6 heteroatoms. The number of hydrogen-bond acceptors (Lipinski definition) is 2. The first kappa shape index (κ1) is 16.0.